The summed E-state index contributed by atoms with van der Waals surface area (Å²) in [7, 11) is 0. The number of phenols is 1. The molecule has 0 aliphatic heterocycles. The molecular weight excluding hydrogens is 320 g/mol. The lowest BCUT2D eigenvalue weighted by atomic mass is 10.1. The molecule has 0 unspecified atom stereocenters. The van der Waals surface area contributed by atoms with Gasteiger partial charge in [-0.05, 0) is 40.2 Å². The van der Waals surface area contributed by atoms with Crippen molar-refractivity contribution in [1.82, 2.24) is 5.16 Å². The van der Waals surface area contributed by atoms with Crippen LogP contribution < -0.4 is 0 Å². The number of hydrogen-bond donors (Lipinski definition) is 1. The van der Waals surface area contributed by atoms with Crippen molar-refractivity contribution in [2.45, 2.75) is 0 Å². The van der Waals surface area contributed by atoms with E-state index >= 15 is 0 Å². The average molecular weight is 326 g/mol. The molecule has 3 aromatic rings. The van der Waals surface area contributed by atoms with Crippen molar-refractivity contribution < 1.29 is 18.4 Å². The van der Waals surface area contributed by atoms with Crippen molar-refractivity contribution >= 4 is 26.9 Å². The zero-order valence-electron chi connectivity index (χ0n) is 9.32. The van der Waals surface area contributed by atoms with E-state index in [0.29, 0.717) is 9.86 Å². The van der Waals surface area contributed by atoms with E-state index in [4.69, 9.17) is 4.52 Å². The van der Waals surface area contributed by atoms with Gasteiger partial charge >= 0.3 is 0 Å². The molecule has 3 nitrogen and oxygen atoms in total. The maximum atomic E-state index is 13.8. The lowest BCUT2D eigenvalue weighted by Crippen LogP contribution is -1.89. The highest BCUT2D eigenvalue weighted by molar-refractivity contribution is 9.10. The fourth-order valence-electron chi connectivity index (χ4n) is 1.84. The highest BCUT2D eigenvalue weighted by atomic mass is 79.9. The second-order valence-electron chi connectivity index (χ2n) is 3.91. The highest BCUT2D eigenvalue weighted by Crippen LogP contribution is 2.37. The number of benzene rings is 2. The minimum atomic E-state index is -0.984. The summed E-state index contributed by atoms with van der Waals surface area (Å²) in [6.45, 7) is 0. The quantitative estimate of drug-likeness (QED) is 0.727. The van der Waals surface area contributed by atoms with Crippen LogP contribution >= 0.6 is 15.9 Å². The summed E-state index contributed by atoms with van der Waals surface area (Å²) in [6, 6.07) is 6.79. The predicted octanol–water partition coefficient (Wildman–Crippen LogP) is 4.24. The van der Waals surface area contributed by atoms with E-state index in [-0.39, 0.29) is 22.6 Å². The Morgan fingerprint density at radius 1 is 1.16 bits per heavy atom. The maximum absolute atomic E-state index is 13.8. The van der Waals surface area contributed by atoms with Crippen molar-refractivity contribution in [1.29, 1.82) is 0 Å². The van der Waals surface area contributed by atoms with Gasteiger partial charge in [0.1, 0.15) is 15.9 Å². The van der Waals surface area contributed by atoms with Gasteiger partial charge in [-0.3, -0.25) is 0 Å². The molecule has 3 rings (SSSR count). The Kier molecular flexibility index (Phi) is 2.74. The van der Waals surface area contributed by atoms with Crippen LogP contribution in [0.3, 0.4) is 0 Å². The SMILES string of the molecule is Oc1ccc2c(-c3cccc(F)c3F)noc2c1Br. The number of aromatic hydroxyl groups is 1. The van der Waals surface area contributed by atoms with Gasteiger partial charge in [-0.15, -0.1) is 0 Å². The van der Waals surface area contributed by atoms with E-state index in [2.05, 4.69) is 21.1 Å². The minimum absolute atomic E-state index is 0.0105. The Morgan fingerprint density at radius 3 is 2.74 bits per heavy atom. The topological polar surface area (TPSA) is 46.3 Å². The predicted molar refractivity (Wildman–Crippen MR) is 68.7 cm³/mol. The molecular formula is C13H6BrF2NO2. The molecule has 19 heavy (non-hydrogen) atoms. The van der Waals surface area contributed by atoms with Crippen LogP contribution in [0.15, 0.2) is 39.3 Å². The fourth-order valence-corrected chi connectivity index (χ4v) is 2.26. The molecule has 1 aromatic heterocycles. The normalized spacial score (nSPS) is 11.1. The Bertz CT molecular complexity index is 786. The molecule has 96 valence electrons. The first kappa shape index (κ1) is 12.1. The second kappa shape index (κ2) is 4.31. The number of halogens is 3. The summed E-state index contributed by atoms with van der Waals surface area (Å²) >= 11 is 3.15. The van der Waals surface area contributed by atoms with Gasteiger partial charge in [-0.1, -0.05) is 11.2 Å². The average Bonchev–Trinajstić information content (AvgIpc) is 2.82. The van der Waals surface area contributed by atoms with Gasteiger partial charge in [0.05, 0.1) is 5.39 Å². The van der Waals surface area contributed by atoms with Crippen LogP contribution in [-0.2, 0) is 0 Å². The minimum Gasteiger partial charge on any atom is -0.507 e. The van der Waals surface area contributed by atoms with Crippen molar-refractivity contribution in [3.05, 3.63) is 46.4 Å². The van der Waals surface area contributed by atoms with Gasteiger partial charge in [-0.2, -0.15) is 0 Å². The molecule has 0 amide bonds. The first-order valence-electron chi connectivity index (χ1n) is 5.31. The van der Waals surface area contributed by atoms with Crippen LogP contribution in [0, 0.1) is 11.6 Å². The third kappa shape index (κ3) is 1.79. The highest BCUT2D eigenvalue weighted by Gasteiger charge is 2.19. The standard InChI is InChI=1S/C13H6BrF2NO2/c14-10-9(18)5-4-7-12(17-19-13(7)10)6-2-1-3-8(15)11(6)16/h1-5,18H. The number of rotatable bonds is 1. The van der Waals surface area contributed by atoms with Crippen molar-refractivity contribution in [2.24, 2.45) is 0 Å². The van der Waals surface area contributed by atoms with Gasteiger partial charge in [0.2, 0.25) is 0 Å². The van der Waals surface area contributed by atoms with Crippen LogP contribution in [0.5, 0.6) is 5.75 Å². The Labute approximate surface area is 114 Å². The molecule has 0 bridgehead atoms. The summed E-state index contributed by atoms with van der Waals surface area (Å²) in [4.78, 5) is 0. The molecule has 0 spiro atoms. The van der Waals surface area contributed by atoms with Crippen LogP contribution in [0.1, 0.15) is 0 Å². The first-order valence-corrected chi connectivity index (χ1v) is 6.10. The molecule has 2 aromatic carbocycles. The molecule has 0 atom stereocenters. The van der Waals surface area contributed by atoms with Gasteiger partial charge in [0, 0.05) is 5.56 Å². The van der Waals surface area contributed by atoms with E-state index in [1.165, 1.54) is 24.3 Å². The van der Waals surface area contributed by atoms with Crippen LogP contribution in [0.4, 0.5) is 8.78 Å². The summed E-state index contributed by atoms with van der Waals surface area (Å²) in [6.07, 6.45) is 0. The monoisotopic (exact) mass is 325 g/mol. The fraction of sp³-hybridized carbons (Fsp3) is 0. The zero-order valence-corrected chi connectivity index (χ0v) is 10.9. The number of phenolic OH excluding ortho intramolecular Hbond substituents is 1. The molecule has 0 aliphatic carbocycles. The van der Waals surface area contributed by atoms with Crippen molar-refractivity contribution in [3.8, 4) is 17.0 Å². The third-order valence-corrected chi connectivity index (χ3v) is 3.53. The number of fused-ring (bicyclic) bond motifs is 1. The largest absolute Gasteiger partial charge is 0.507 e. The van der Waals surface area contributed by atoms with Crippen LogP contribution in [0.25, 0.3) is 22.2 Å². The van der Waals surface area contributed by atoms with Crippen LogP contribution in [0.2, 0.25) is 0 Å². The number of hydrogen-bond acceptors (Lipinski definition) is 3. The van der Waals surface area contributed by atoms with Gasteiger partial charge in [0.25, 0.3) is 0 Å². The van der Waals surface area contributed by atoms with E-state index in [1.54, 1.807) is 0 Å². The summed E-state index contributed by atoms with van der Waals surface area (Å²) < 4.78 is 32.4. The third-order valence-electron chi connectivity index (χ3n) is 2.77. The van der Waals surface area contributed by atoms with Gasteiger partial charge in [0.15, 0.2) is 17.2 Å². The summed E-state index contributed by atoms with van der Waals surface area (Å²) in [5.74, 6) is -1.96. The van der Waals surface area contributed by atoms with Crippen molar-refractivity contribution in [2.75, 3.05) is 0 Å². The first-order chi connectivity index (χ1) is 9.09. The Morgan fingerprint density at radius 2 is 1.95 bits per heavy atom. The summed E-state index contributed by atoms with van der Waals surface area (Å²) in [5, 5.41) is 13.8. The van der Waals surface area contributed by atoms with Crippen molar-refractivity contribution in [3.63, 3.8) is 0 Å². The number of nitrogens with zero attached hydrogens (tertiary/aromatic N) is 1. The Hall–Kier alpha value is -1.95. The summed E-state index contributed by atoms with van der Waals surface area (Å²) in [5.41, 5.74) is 0.475. The Balaban J connectivity index is 2.33. The van der Waals surface area contributed by atoms with E-state index in [0.717, 1.165) is 6.07 Å². The molecule has 0 aliphatic rings. The lowest BCUT2D eigenvalue weighted by molar-refractivity contribution is 0.447. The second-order valence-corrected chi connectivity index (χ2v) is 4.70. The number of aromatic nitrogens is 1. The van der Waals surface area contributed by atoms with E-state index < -0.39 is 11.6 Å². The van der Waals surface area contributed by atoms with E-state index in [1.807, 2.05) is 0 Å². The maximum Gasteiger partial charge on any atom is 0.185 e. The molecule has 0 saturated heterocycles. The molecule has 0 saturated carbocycles. The lowest BCUT2D eigenvalue weighted by Gasteiger charge is -2.00. The molecule has 6 heteroatoms. The smallest absolute Gasteiger partial charge is 0.185 e. The molecule has 1 heterocycles. The van der Waals surface area contributed by atoms with Gasteiger partial charge in [-0.25, -0.2) is 8.78 Å². The molecule has 1 N–H and O–H groups in total. The molecule has 0 radical (unpaired) electrons. The zero-order chi connectivity index (χ0) is 13.6. The molecule has 0 fully saturated rings. The van der Waals surface area contributed by atoms with Crippen LogP contribution in [-0.4, -0.2) is 10.3 Å². The van der Waals surface area contributed by atoms with E-state index in [9.17, 15) is 13.9 Å². The van der Waals surface area contributed by atoms with Gasteiger partial charge < -0.3 is 9.63 Å².